The summed E-state index contributed by atoms with van der Waals surface area (Å²) in [5, 5.41) is -0.142. The molecule has 0 aliphatic carbocycles. The van der Waals surface area contributed by atoms with Crippen LogP contribution in [0.4, 0.5) is 0 Å². The first-order valence-electron chi connectivity index (χ1n) is 6.90. The number of ether oxygens (including phenoxy) is 2. The molecule has 104 valence electrons. The van der Waals surface area contributed by atoms with Crippen molar-refractivity contribution in [1.82, 2.24) is 0 Å². The molecular weight excluding hydrogens is 272 g/mol. The van der Waals surface area contributed by atoms with Crippen LogP contribution in [0.2, 0.25) is 0 Å². The second-order valence-electron chi connectivity index (χ2n) is 4.83. The van der Waals surface area contributed by atoms with Gasteiger partial charge < -0.3 is 9.47 Å². The van der Waals surface area contributed by atoms with Gasteiger partial charge in [-0.2, -0.15) is 0 Å². The molecule has 0 bridgehead atoms. The number of benzene rings is 2. The molecule has 1 atom stereocenters. The van der Waals surface area contributed by atoms with Crippen molar-refractivity contribution >= 4 is 11.6 Å². The normalized spacial score (nSPS) is 14.5. The molecule has 0 saturated heterocycles. The van der Waals surface area contributed by atoms with Gasteiger partial charge in [0, 0.05) is 6.42 Å². The van der Waals surface area contributed by atoms with Crippen LogP contribution in [0.3, 0.4) is 0 Å². The zero-order chi connectivity index (χ0) is 13.9. The smallest absolute Gasteiger partial charge is 0.122 e. The molecule has 2 nitrogen and oxygen atoms in total. The van der Waals surface area contributed by atoms with E-state index in [1.54, 1.807) is 0 Å². The highest BCUT2D eigenvalue weighted by Gasteiger charge is 2.16. The number of alkyl halides is 1. The van der Waals surface area contributed by atoms with E-state index >= 15 is 0 Å². The Hall–Kier alpha value is -1.67. The lowest BCUT2D eigenvalue weighted by atomic mass is 10.0. The Morgan fingerprint density at radius 3 is 2.65 bits per heavy atom. The lowest BCUT2D eigenvalue weighted by Gasteiger charge is -2.12. The average Bonchev–Trinajstić information content (AvgIpc) is 2.95. The standard InChI is InChI=1S/C17H17ClO2/c1-2-19-15-6-3-12(4-7-15)17(18)14-5-8-16-13(11-14)9-10-20-16/h3-8,11,17H,2,9-10H2,1H3. The molecule has 1 aliphatic rings. The van der Waals surface area contributed by atoms with E-state index in [0.717, 1.165) is 35.7 Å². The minimum Gasteiger partial charge on any atom is -0.494 e. The molecule has 2 aromatic rings. The second kappa shape index (κ2) is 5.76. The molecule has 0 fully saturated rings. The largest absolute Gasteiger partial charge is 0.494 e. The van der Waals surface area contributed by atoms with Crippen LogP contribution >= 0.6 is 11.6 Å². The van der Waals surface area contributed by atoms with E-state index in [0.29, 0.717) is 6.61 Å². The zero-order valence-corrected chi connectivity index (χ0v) is 12.2. The van der Waals surface area contributed by atoms with Crippen molar-refractivity contribution in [1.29, 1.82) is 0 Å². The molecule has 0 aromatic heterocycles. The van der Waals surface area contributed by atoms with Gasteiger partial charge in [-0.3, -0.25) is 0 Å². The van der Waals surface area contributed by atoms with Gasteiger partial charge in [0.15, 0.2) is 0 Å². The fraction of sp³-hybridized carbons (Fsp3) is 0.294. The van der Waals surface area contributed by atoms with Gasteiger partial charge in [-0.05, 0) is 41.8 Å². The van der Waals surface area contributed by atoms with Gasteiger partial charge in [0.25, 0.3) is 0 Å². The molecule has 0 radical (unpaired) electrons. The topological polar surface area (TPSA) is 18.5 Å². The number of halogens is 1. The van der Waals surface area contributed by atoms with E-state index in [2.05, 4.69) is 6.07 Å². The van der Waals surface area contributed by atoms with Crippen LogP contribution in [0.15, 0.2) is 42.5 Å². The van der Waals surface area contributed by atoms with Crippen molar-refractivity contribution in [2.75, 3.05) is 13.2 Å². The fourth-order valence-corrected chi connectivity index (χ4v) is 2.74. The maximum absolute atomic E-state index is 6.58. The predicted molar refractivity (Wildman–Crippen MR) is 80.9 cm³/mol. The monoisotopic (exact) mass is 288 g/mol. The number of hydrogen-bond acceptors (Lipinski definition) is 2. The Balaban J connectivity index is 1.82. The Morgan fingerprint density at radius 1 is 1.15 bits per heavy atom. The average molecular weight is 289 g/mol. The SMILES string of the molecule is CCOc1ccc(C(Cl)c2ccc3c(c2)CCO3)cc1. The van der Waals surface area contributed by atoms with Gasteiger partial charge in [0.05, 0.1) is 18.6 Å². The van der Waals surface area contributed by atoms with E-state index in [1.807, 2.05) is 43.3 Å². The van der Waals surface area contributed by atoms with E-state index in [-0.39, 0.29) is 5.38 Å². The summed E-state index contributed by atoms with van der Waals surface area (Å²) in [5.41, 5.74) is 3.44. The van der Waals surface area contributed by atoms with Crippen LogP contribution in [0.1, 0.15) is 29.0 Å². The van der Waals surface area contributed by atoms with Crippen LogP contribution in [0.5, 0.6) is 11.5 Å². The summed E-state index contributed by atoms with van der Waals surface area (Å²) in [6.07, 6.45) is 0.968. The number of fused-ring (bicyclic) bond motifs is 1. The molecule has 2 aromatic carbocycles. The molecule has 0 N–H and O–H groups in total. The maximum atomic E-state index is 6.58. The Labute approximate surface area is 124 Å². The van der Waals surface area contributed by atoms with Crippen LogP contribution in [-0.4, -0.2) is 13.2 Å². The maximum Gasteiger partial charge on any atom is 0.122 e. The summed E-state index contributed by atoms with van der Waals surface area (Å²) in [6.45, 7) is 3.42. The summed E-state index contributed by atoms with van der Waals surface area (Å²) in [5.74, 6) is 1.87. The summed E-state index contributed by atoms with van der Waals surface area (Å²) in [7, 11) is 0. The van der Waals surface area contributed by atoms with Gasteiger partial charge in [-0.15, -0.1) is 11.6 Å². The van der Waals surface area contributed by atoms with Crippen molar-refractivity contribution in [3.05, 3.63) is 59.2 Å². The molecule has 3 heteroatoms. The molecular formula is C17H17ClO2. The first kappa shape index (κ1) is 13.3. The van der Waals surface area contributed by atoms with Gasteiger partial charge >= 0.3 is 0 Å². The number of rotatable bonds is 4. The summed E-state index contributed by atoms with van der Waals surface area (Å²) < 4.78 is 11.0. The van der Waals surface area contributed by atoms with Crippen LogP contribution < -0.4 is 9.47 Å². The van der Waals surface area contributed by atoms with E-state index in [9.17, 15) is 0 Å². The highest BCUT2D eigenvalue weighted by atomic mass is 35.5. The summed E-state index contributed by atoms with van der Waals surface area (Å²) in [4.78, 5) is 0. The van der Waals surface area contributed by atoms with Gasteiger partial charge in [-0.1, -0.05) is 24.3 Å². The Morgan fingerprint density at radius 2 is 1.90 bits per heavy atom. The zero-order valence-electron chi connectivity index (χ0n) is 11.4. The Bertz CT molecular complexity index is 592. The Kier molecular flexibility index (Phi) is 3.83. The van der Waals surface area contributed by atoms with Crippen molar-refractivity contribution < 1.29 is 9.47 Å². The lowest BCUT2D eigenvalue weighted by Crippen LogP contribution is -1.95. The first-order chi connectivity index (χ1) is 9.78. The van der Waals surface area contributed by atoms with E-state index in [1.165, 1.54) is 5.56 Å². The molecule has 0 amide bonds. The fourth-order valence-electron chi connectivity index (χ4n) is 2.46. The van der Waals surface area contributed by atoms with Gasteiger partial charge in [0.1, 0.15) is 11.5 Å². The highest BCUT2D eigenvalue weighted by Crippen LogP contribution is 2.34. The minimum absolute atomic E-state index is 0.142. The summed E-state index contributed by atoms with van der Waals surface area (Å²) in [6, 6.07) is 14.2. The van der Waals surface area contributed by atoms with Crippen LogP contribution in [0.25, 0.3) is 0 Å². The molecule has 1 aliphatic heterocycles. The molecule has 3 rings (SSSR count). The molecule has 0 saturated carbocycles. The van der Waals surface area contributed by atoms with Crippen LogP contribution in [-0.2, 0) is 6.42 Å². The third-order valence-electron chi connectivity index (χ3n) is 3.49. The molecule has 1 unspecified atom stereocenters. The highest BCUT2D eigenvalue weighted by molar-refractivity contribution is 6.22. The van der Waals surface area contributed by atoms with Crippen molar-refractivity contribution in [2.24, 2.45) is 0 Å². The first-order valence-corrected chi connectivity index (χ1v) is 7.34. The summed E-state index contributed by atoms with van der Waals surface area (Å²) >= 11 is 6.58. The third-order valence-corrected chi connectivity index (χ3v) is 3.99. The quantitative estimate of drug-likeness (QED) is 0.779. The van der Waals surface area contributed by atoms with E-state index in [4.69, 9.17) is 21.1 Å². The van der Waals surface area contributed by atoms with Gasteiger partial charge in [-0.25, -0.2) is 0 Å². The minimum atomic E-state index is -0.142. The lowest BCUT2D eigenvalue weighted by molar-refractivity contribution is 0.340. The molecule has 20 heavy (non-hydrogen) atoms. The third kappa shape index (κ3) is 2.61. The van der Waals surface area contributed by atoms with Crippen molar-refractivity contribution in [2.45, 2.75) is 18.7 Å². The van der Waals surface area contributed by atoms with Crippen molar-refractivity contribution in [3.63, 3.8) is 0 Å². The molecule has 0 spiro atoms. The number of hydrogen-bond donors (Lipinski definition) is 0. The van der Waals surface area contributed by atoms with E-state index < -0.39 is 0 Å². The molecule has 1 heterocycles. The van der Waals surface area contributed by atoms with Crippen LogP contribution in [0, 0.1) is 0 Å². The predicted octanol–water partition coefficient (Wildman–Crippen LogP) is 4.35. The second-order valence-corrected chi connectivity index (χ2v) is 5.27. The van der Waals surface area contributed by atoms with Gasteiger partial charge in [0.2, 0.25) is 0 Å². The van der Waals surface area contributed by atoms with Crippen molar-refractivity contribution in [3.8, 4) is 11.5 Å².